The first-order chi connectivity index (χ1) is 12.0. The summed E-state index contributed by atoms with van der Waals surface area (Å²) in [5, 5.41) is 8.62. The smallest absolute Gasteiger partial charge is 0.335 e. The molecule has 1 aromatic carbocycles. The highest BCUT2D eigenvalue weighted by Gasteiger charge is 2.31. The summed E-state index contributed by atoms with van der Waals surface area (Å²) in [5.74, 6) is 0.801. The van der Waals surface area contributed by atoms with Gasteiger partial charge in [-0.3, -0.25) is 0 Å². The molecule has 2 aliphatic heterocycles. The number of nitrogens with zero attached hydrogens (tertiary/aromatic N) is 1. The fraction of sp³-hybridized carbons (Fsp3) is 0.667. The first-order valence-electron chi connectivity index (χ1n) is 9.75. The van der Waals surface area contributed by atoms with Crippen molar-refractivity contribution in [1.29, 1.82) is 0 Å². The van der Waals surface area contributed by atoms with E-state index in [0.29, 0.717) is 5.75 Å². The third-order valence-electron chi connectivity index (χ3n) is 5.23. The Labute approximate surface area is 152 Å². The summed E-state index contributed by atoms with van der Waals surface area (Å²) in [6, 6.07) is 7.34. The predicted octanol–water partition coefficient (Wildman–Crippen LogP) is 4.83. The van der Waals surface area contributed by atoms with Gasteiger partial charge < -0.3 is 14.7 Å². The molecule has 1 aromatic rings. The fourth-order valence-electron chi connectivity index (χ4n) is 4.00. The number of piperidine rings is 2. The Balaban J connectivity index is 0.000000181. The number of fused-ring (bicyclic) bond motifs is 1. The maximum absolute atomic E-state index is 10.5. The van der Waals surface area contributed by atoms with Crippen LogP contribution in [0.15, 0.2) is 24.3 Å². The van der Waals surface area contributed by atoms with Crippen molar-refractivity contribution in [3.63, 3.8) is 0 Å². The SMILES string of the molecule is CC(C)Oc1ccc(C(=O)O)cc1.CCC1CCCN2CCCCC12. The monoisotopic (exact) mass is 347 g/mol. The normalized spacial score (nSPS) is 23.4. The molecule has 2 unspecified atom stereocenters. The zero-order valence-electron chi connectivity index (χ0n) is 15.9. The first kappa shape index (κ1) is 19.8. The largest absolute Gasteiger partial charge is 0.491 e. The molecule has 0 spiro atoms. The third kappa shape index (κ3) is 6.03. The van der Waals surface area contributed by atoms with Crippen molar-refractivity contribution in [3.05, 3.63) is 29.8 Å². The van der Waals surface area contributed by atoms with Gasteiger partial charge in [-0.05, 0) is 82.8 Å². The van der Waals surface area contributed by atoms with Crippen LogP contribution in [0, 0.1) is 5.92 Å². The molecule has 4 nitrogen and oxygen atoms in total. The minimum absolute atomic E-state index is 0.107. The van der Waals surface area contributed by atoms with Gasteiger partial charge in [0.1, 0.15) is 5.75 Å². The Bertz CT molecular complexity index is 518. The molecule has 2 aliphatic rings. The number of ether oxygens (including phenoxy) is 1. The van der Waals surface area contributed by atoms with Gasteiger partial charge in [-0.1, -0.05) is 19.8 Å². The molecule has 2 saturated heterocycles. The Kier molecular flexibility index (Phi) is 7.76. The summed E-state index contributed by atoms with van der Waals surface area (Å²) in [6.45, 7) is 8.99. The van der Waals surface area contributed by atoms with Gasteiger partial charge in [0.25, 0.3) is 0 Å². The summed E-state index contributed by atoms with van der Waals surface area (Å²) in [5.41, 5.74) is 0.274. The van der Waals surface area contributed by atoms with Crippen LogP contribution in [-0.4, -0.2) is 41.2 Å². The highest BCUT2D eigenvalue weighted by Crippen LogP contribution is 2.32. The van der Waals surface area contributed by atoms with E-state index in [1.165, 1.54) is 63.7 Å². The molecule has 1 N–H and O–H groups in total. The van der Waals surface area contributed by atoms with E-state index in [2.05, 4.69) is 11.8 Å². The van der Waals surface area contributed by atoms with Crippen LogP contribution in [0.25, 0.3) is 0 Å². The average Bonchev–Trinajstić information content (AvgIpc) is 2.61. The van der Waals surface area contributed by atoms with Crippen molar-refractivity contribution < 1.29 is 14.6 Å². The maximum Gasteiger partial charge on any atom is 0.335 e. The van der Waals surface area contributed by atoms with Crippen molar-refractivity contribution in [2.75, 3.05) is 13.1 Å². The van der Waals surface area contributed by atoms with Crippen molar-refractivity contribution >= 4 is 5.97 Å². The third-order valence-corrected chi connectivity index (χ3v) is 5.23. The second-order valence-corrected chi connectivity index (χ2v) is 7.41. The van der Waals surface area contributed by atoms with E-state index in [-0.39, 0.29) is 11.7 Å². The molecule has 2 fully saturated rings. The Morgan fingerprint density at radius 1 is 1.16 bits per heavy atom. The maximum atomic E-state index is 10.5. The van der Waals surface area contributed by atoms with Crippen LogP contribution in [-0.2, 0) is 0 Å². The molecule has 25 heavy (non-hydrogen) atoms. The minimum atomic E-state index is -0.920. The highest BCUT2D eigenvalue weighted by atomic mass is 16.5. The number of benzene rings is 1. The predicted molar refractivity (Wildman–Crippen MR) is 101 cm³/mol. The molecule has 3 rings (SSSR count). The average molecular weight is 347 g/mol. The van der Waals surface area contributed by atoms with E-state index in [9.17, 15) is 4.79 Å². The van der Waals surface area contributed by atoms with E-state index < -0.39 is 5.97 Å². The van der Waals surface area contributed by atoms with E-state index >= 15 is 0 Å². The summed E-state index contributed by atoms with van der Waals surface area (Å²) in [7, 11) is 0. The van der Waals surface area contributed by atoms with Gasteiger partial charge >= 0.3 is 5.97 Å². The van der Waals surface area contributed by atoms with Crippen molar-refractivity contribution in [2.24, 2.45) is 5.92 Å². The van der Waals surface area contributed by atoms with Crippen LogP contribution in [0.3, 0.4) is 0 Å². The zero-order chi connectivity index (χ0) is 18.2. The number of carboxylic acids is 1. The molecule has 0 aliphatic carbocycles. The molecule has 0 radical (unpaired) electrons. The van der Waals surface area contributed by atoms with E-state index in [4.69, 9.17) is 9.84 Å². The Hall–Kier alpha value is -1.55. The number of rotatable bonds is 4. The van der Waals surface area contributed by atoms with Gasteiger partial charge in [0.05, 0.1) is 11.7 Å². The van der Waals surface area contributed by atoms with Gasteiger partial charge in [-0.2, -0.15) is 0 Å². The Morgan fingerprint density at radius 3 is 2.44 bits per heavy atom. The number of carbonyl (C=O) groups is 1. The second kappa shape index (κ2) is 9.81. The zero-order valence-corrected chi connectivity index (χ0v) is 15.9. The van der Waals surface area contributed by atoms with E-state index in [0.717, 1.165) is 12.0 Å². The summed E-state index contributed by atoms with van der Waals surface area (Å²) < 4.78 is 5.36. The lowest BCUT2D eigenvalue weighted by atomic mass is 9.82. The minimum Gasteiger partial charge on any atom is -0.491 e. The van der Waals surface area contributed by atoms with E-state index in [1.54, 1.807) is 12.1 Å². The van der Waals surface area contributed by atoms with Gasteiger partial charge in [0.2, 0.25) is 0 Å². The quantitative estimate of drug-likeness (QED) is 0.847. The molecule has 4 heteroatoms. The lowest BCUT2D eigenvalue weighted by Crippen LogP contribution is -2.47. The van der Waals surface area contributed by atoms with Crippen LogP contribution in [0.1, 0.15) is 69.7 Å². The summed E-state index contributed by atoms with van der Waals surface area (Å²) in [4.78, 5) is 13.2. The highest BCUT2D eigenvalue weighted by molar-refractivity contribution is 5.87. The first-order valence-corrected chi connectivity index (χ1v) is 9.75. The molecule has 2 heterocycles. The number of aromatic carboxylic acids is 1. The van der Waals surface area contributed by atoms with Crippen LogP contribution in [0.4, 0.5) is 0 Å². The second-order valence-electron chi connectivity index (χ2n) is 7.41. The van der Waals surface area contributed by atoms with Crippen LogP contribution in [0.5, 0.6) is 5.75 Å². The molecule has 0 amide bonds. The Morgan fingerprint density at radius 2 is 1.84 bits per heavy atom. The molecule has 2 atom stereocenters. The molecule has 140 valence electrons. The van der Waals surface area contributed by atoms with Gasteiger partial charge in [0.15, 0.2) is 0 Å². The van der Waals surface area contributed by atoms with Crippen LogP contribution in [0.2, 0.25) is 0 Å². The molecule has 0 saturated carbocycles. The van der Waals surface area contributed by atoms with Crippen molar-refractivity contribution in [2.45, 2.75) is 71.4 Å². The van der Waals surface area contributed by atoms with Crippen molar-refractivity contribution in [1.82, 2.24) is 4.90 Å². The molecule has 0 aromatic heterocycles. The van der Waals surface area contributed by atoms with Gasteiger partial charge in [0, 0.05) is 6.04 Å². The molecular weight excluding hydrogens is 314 g/mol. The number of carboxylic acid groups (broad SMARTS) is 1. The topological polar surface area (TPSA) is 49.8 Å². The summed E-state index contributed by atoms with van der Waals surface area (Å²) in [6.07, 6.45) is 8.88. The van der Waals surface area contributed by atoms with Crippen molar-refractivity contribution in [3.8, 4) is 5.75 Å². The van der Waals surface area contributed by atoms with E-state index in [1.807, 2.05) is 13.8 Å². The lowest BCUT2D eigenvalue weighted by molar-refractivity contribution is 0.0580. The summed E-state index contributed by atoms with van der Waals surface area (Å²) >= 11 is 0. The lowest BCUT2D eigenvalue weighted by Gasteiger charge is -2.44. The fourth-order valence-corrected chi connectivity index (χ4v) is 4.00. The molecular formula is C21H33NO3. The van der Waals surface area contributed by atoms with Gasteiger partial charge in [-0.25, -0.2) is 4.79 Å². The standard InChI is InChI=1S/C11H21N.C10H12O3/c1-2-10-6-5-9-12-8-4-3-7-11(10)12;1-7(2)13-9-5-3-8(4-6-9)10(11)12/h10-11H,2-9H2,1H3;3-7H,1-2H3,(H,11,12). The van der Waals surface area contributed by atoms with Crippen LogP contribution < -0.4 is 4.74 Å². The van der Waals surface area contributed by atoms with Crippen LogP contribution >= 0.6 is 0 Å². The number of hydrogen-bond acceptors (Lipinski definition) is 3. The molecule has 0 bridgehead atoms. The number of hydrogen-bond donors (Lipinski definition) is 1. The van der Waals surface area contributed by atoms with Gasteiger partial charge in [-0.15, -0.1) is 0 Å².